The van der Waals surface area contributed by atoms with Crippen molar-refractivity contribution < 1.29 is 9.59 Å². The molecule has 0 aromatic carbocycles. The van der Waals surface area contributed by atoms with E-state index in [2.05, 4.69) is 12.0 Å². The van der Waals surface area contributed by atoms with Gasteiger partial charge in [0.2, 0.25) is 5.91 Å². The highest BCUT2D eigenvalue weighted by molar-refractivity contribution is 5.95. The highest BCUT2D eigenvalue weighted by Crippen LogP contribution is 2.39. The summed E-state index contributed by atoms with van der Waals surface area (Å²) in [7, 11) is 0. The Balaban J connectivity index is 1.72. The van der Waals surface area contributed by atoms with E-state index in [1.54, 1.807) is 0 Å². The fraction of sp³-hybridized carbons (Fsp3) is 0.750. The van der Waals surface area contributed by atoms with Gasteiger partial charge in [0.05, 0.1) is 11.3 Å². The molecule has 0 bridgehead atoms. The van der Waals surface area contributed by atoms with Gasteiger partial charge in [-0.25, -0.2) is 0 Å². The molecule has 0 aliphatic carbocycles. The molecule has 1 aromatic rings. The van der Waals surface area contributed by atoms with Gasteiger partial charge in [-0.15, -0.1) is 0 Å². The van der Waals surface area contributed by atoms with Crippen LogP contribution in [0.1, 0.15) is 68.4 Å². The largest absolute Gasteiger partial charge is 0.342 e. The van der Waals surface area contributed by atoms with Crippen molar-refractivity contribution in [2.24, 2.45) is 5.41 Å². The van der Waals surface area contributed by atoms with Gasteiger partial charge in [0, 0.05) is 50.8 Å². The van der Waals surface area contributed by atoms with Crippen molar-refractivity contribution in [1.82, 2.24) is 19.6 Å². The molecule has 144 valence electrons. The highest BCUT2D eigenvalue weighted by atomic mass is 16.2. The van der Waals surface area contributed by atoms with Crippen LogP contribution >= 0.6 is 0 Å². The third-order valence-corrected chi connectivity index (χ3v) is 5.98. The minimum Gasteiger partial charge on any atom is -0.342 e. The Bertz CT molecular complexity index is 669. The summed E-state index contributed by atoms with van der Waals surface area (Å²) in [6.07, 6.45) is 7.69. The third kappa shape index (κ3) is 3.79. The quantitative estimate of drug-likeness (QED) is 0.811. The highest BCUT2D eigenvalue weighted by Gasteiger charge is 2.42. The zero-order valence-corrected chi connectivity index (χ0v) is 16.5. The smallest absolute Gasteiger partial charge is 0.257 e. The number of piperidine rings is 2. The summed E-state index contributed by atoms with van der Waals surface area (Å²) in [6.45, 7) is 10.1. The van der Waals surface area contributed by atoms with E-state index >= 15 is 0 Å². The van der Waals surface area contributed by atoms with E-state index in [0.29, 0.717) is 6.42 Å². The normalized spacial score (nSPS) is 23.7. The predicted molar refractivity (Wildman–Crippen MR) is 101 cm³/mol. The maximum Gasteiger partial charge on any atom is 0.257 e. The van der Waals surface area contributed by atoms with Crippen LogP contribution in [0.15, 0.2) is 6.20 Å². The molecule has 6 nitrogen and oxygen atoms in total. The molecule has 2 aliphatic rings. The topological polar surface area (TPSA) is 58.4 Å². The number of nitrogens with zero attached hydrogens (tertiary/aromatic N) is 4. The van der Waals surface area contributed by atoms with Crippen LogP contribution in [0.3, 0.4) is 0 Å². The maximum atomic E-state index is 13.1. The van der Waals surface area contributed by atoms with Gasteiger partial charge in [-0.1, -0.05) is 13.3 Å². The Hall–Kier alpha value is -1.85. The Kier molecular flexibility index (Phi) is 5.68. The first-order chi connectivity index (χ1) is 12.5. The number of unbranched alkanes of at least 4 members (excludes halogenated alkanes) is 1. The van der Waals surface area contributed by atoms with E-state index in [1.807, 2.05) is 34.5 Å². The Morgan fingerprint density at radius 1 is 1.27 bits per heavy atom. The van der Waals surface area contributed by atoms with E-state index in [0.717, 1.165) is 76.1 Å². The number of likely N-dealkylation sites (tertiary alicyclic amines) is 2. The molecule has 2 fully saturated rings. The van der Waals surface area contributed by atoms with Crippen molar-refractivity contribution in [3.63, 3.8) is 0 Å². The number of aryl methyl sites for hydroxylation is 2. The maximum absolute atomic E-state index is 13.1. The van der Waals surface area contributed by atoms with Gasteiger partial charge in [-0.05, 0) is 39.5 Å². The fourth-order valence-electron chi connectivity index (χ4n) is 4.43. The molecule has 2 aliphatic heterocycles. The lowest BCUT2D eigenvalue weighted by Gasteiger charge is -2.48. The van der Waals surface area contributed by atoms with Gasteiger partial charge in [0.15, 0.2) is 0 Å². The Morgan fingerprint density at radius 3 is 2.77 bits per heavy atom. The Morgan fingerprint density at radius 2 is 2.08 bits per heavy atom. The molecule has 1 spiro atoms. The first-order valence-corrected chi connectivity index (χ1v) is 10.1. The molecule has 0 radical (unpaired) electrons. The van der Waals surface area contributed by atoms with Crippen LogP contribution in [-0.4, -0.2) is 57.6 Å². The zero-order valence-electron chi connectivity index (χ0n) is 16.5. The SMILES string of the molecule is CCCCN1C[C@]2(CCCN(C(=O)c3cn(CC)nc3C)C2)CCC1=O. The molecular formula is C20H32N4O2. The summed E-state index contributed by atoms with van der Waals surface area (Å²) >= 11 is 0. The lowest BCUT2D eigenvalue weighted by Crippen LogP contribution is -2.55. The van der Waals surface area contributed by atoms with Crippen LogP contribution < -0.4 is 0 Å². The lowest BCUT2D eigenvalue weighted by atomic mass is 9.73. The molecule has 1 atom stereocenters. The molecule has 2 saturated heterocycles. The second-order valence-corrected chi connectivity index (χ2v) is 7.98. The molecule has 1 aromatic heterocycles. The number of rotatable bonds is 5. The summed E-state index contributed by atoms with van der Waals surface area (Å²) in [5.74, 6) is 0.380. The van der Waals surface area contributed by atoms with Crippen molar-refractivity contribution in [2.75, 3.05) is 26.2 Å². The fourth-order valence-corrected chi connectivity index (χ4v) is 4.43. The molecule has 0 N–H and O–H groups in total. The summed E-state index contributed by atoms with van der Waals surface area (Å²) < 4.78 is 1.83. The van der Waals surface area contributed by atoms with Gasteiger partial charge in [-0.2, -0.15) is 5.10 Å². The minimum absolute atomic E-state index is 0.0736. The van der Waals surface area contributed by atoms with Gasteiger partial charge < -0.3 is 9.80 Å². The van der Waals surface area contributed by atoms with Gasteiger partial charge >= 0.3 is 0 Å². The average molecular weight is 361 g/mol. The van der Waals surface area contributed by atoms with E-state index < -0.39 is 0 Å². The van der Waals surface area contributed by atoms with Crippen LogP contribution in [0.5, 0.6) is 0 Å². The molecule has 26 heavy (non-hydrogen) atoms. The van der Waals surface area contributed by atoms with E-state index in [1.165, 1.54) is 0 Å². The number of carbonyl (C=O) groups is 2. The average Bonchev–Trinajstić information content (AvgIpc) is 3.03. The van der Waals surface area contributed by atoms with E-state index in [9.17, 15) is 9.59 Å². The monoisotopic (exact) mass is 360 g/mol. The second kappa shape index (κ2) is 7.80. The third-order valence-electron chi connectivity index (χ3n) is 5.98. The minimum atomic E-state index is 0.0736. The number of carbonyl (C=O) groups excluding carboxylic acids is 2. The summed E-state index contributed by atoms with van der Waals surface area (Å²) in [6, 6.07) is 0. The molecule has 6 heteroatoms. The van der Waals surface area contributed by atoms with Crippen molar-refractivity contribution in [3.8, 4) is 0 Å². The molecular weight excluding hydrogens is 328 g/mol. The first kappa shape index (κ1) is 18.9. The summed E-state index contributed by atoms with van der Waals surface area (Å²) in [4.78, 5) is 29.4. The zero-order chi connectivity index (χ0) is 18.7. The second-order valence-electron chi connectivity index (χ2n) is 7.98. The molecule has 2 amide bonds. The standard InChI is InChI=1S/C20H32N4O2/c1-4-6-11-22-14-20(10-8-18(22)25)9-7-12-23(15-20)19(26)17-13-24(5-2)21-16(17)3/h13H,4-12,14-15H2,1-3H3/t20-/m0/s1. The lowest BCUT2D eigenvalue weighted by molar-refractivity contribution is -0.139. The van der Waals surface area contributed by atoms with Gasteiger partial charge in [0.25, 0.3) is 5.91 Å². The summed E-state index contributed by atoms with van der Waals surface area (Å²) in [5, 5.41) is 4.42. The van der Waals surface area contributed by atoms with Crippen LogP contribution in [-0.2, 0) is 11.3 Å². The number of aromatic nitrogens is 2. The van der Waals surface area contributed by atoms with Crippen molar-refractivity contribution in [1.29, 1.82) is 0 Å². The molecule has 3 rings (SSSR count). The molecule has 0 unspecified atom stereocenters. The van der Waals surface area contributed by atoms with Crippen molar-refractivity contribution in [3.05, 3.63) is 17.5 Å². The first-order valence-electron chi connectivity index (χ1n) is 10.1. The predicted octanol–water partition coefficient (Wildman–Crippen LogP) is 2.86. The van der Waals surface area contributed by atoms with Crippen LogP contribution in [0.2, 0.25) is 0 Å². The number of amides is 2. The molecule has 3 heterocycles. The number of hydrogen-bond donors (Lipinski definition) is 0. The van der Waals surface area contributed by atoms with E-state index in [4.69, 9.17) is 0 Å². The van der Waals surface area contributed by atoms with Crippen LogP contribution in [0.4, 0.5) is 0 Å². The van der Waals surface area contributed by atoms with Crippen LogP contribution in [0.25, 0.3) is 0 Å². The van der Waals surface area contributed by atoms with Gasteiger partial charge in [-0.3, -0.25) is 14.3 Å². The van der Waals surface area contributed by atoms with Crippen molar-refractivity contribution in [2.45, 2.75) is 65.8 Å². The Labute approximate surface area is 156 Å². The summed E-state index contributed by atoms with van der Waals surface area (Å²) in [5.41, 5.74) is 1.60. The number of hydrogen-bond acceptors (Lipinski definition) is 3. The molecule has 0 saturated carbocycles. The van der Waals surface area contributed by atoms with Gasteiger partial charge in [0.1, 0.15) is 0 Å². The van der Waals surface area contributed by atoms with Crippen LogP contribution in [0, 0.1) is 12.3 Å². The van der Waals surface area contributed by atoms with Crippen molar-refractivity contribution >= 4 is 11.8 Å². The van der Waals surface area contributed by atoms with E-state index in [-0.39, 0.29) is 17.2 Å².